The molecule has 6 nitrogen and oxygen atoms in total. The third-order valence-electron chi connectivity index (χ3n) is 2.37. The fraction of sp³-hybridized carbons (Fsp3) is 0. The second-order valence-electron chi connectivity index (χ2n) is 3.97. The van der Waals surface area contributed by atoms with Gasteiger partial charge in [0.25, 0.3) is 0 Å². The van der Waals surface area contributed by atoms with E-state index in [9.17, 15) is 0 Å². The van der Waals surface area contributed by atoms with Crippen molar-refractivity contribution >= 4 is 23.3 Å². The summed E-state index contributed by atoms with van der Waals surface area (Å²) in [6.45, 7) is 0. The molecule has 0 spiro atoms. The van der Waals surface area contributed by atoms with Gasteiger partial charge in [0.15, 0.2) is 0 Å². The minimum atomic E-state index is 0.0246. The van der Waals surface area contributed by atoms with Crippen molar-refractivity contribution in [2.24, 2.45) is 21.5 Å². The summed E-state index contributed by atoms with van der Waals surface area (Å²) in [6, 6.07) is 15.7. The van der Waals surface area contributed by atoms with E-state index in [0.717, 1.165) is 5.69 Å². The van der Waals surface area contributed by atoms with Crippen LogP contribution in [0.2, 0.25) is 0 Å². The number of guanidine groups is 2. The third-order valence-corrected chi connectivity index (χ3v) is 2.37. The van der Waals surface area contributed by atoms with Gasteiger partial charge in [0.05, 0.1) is 5.69 Å². The van der Waals surface area contributed by atoms with Gasteiger partial charge in [-0.05, 0) is 36.4 Å². The van der Waals surface area contributed by atoms with Crippen LogP contribution in [0, 0.1) is 0 Å². The minimum Gasteiger partial charge on any atom is -0.508 e. The first-order valence-corrected chi connectivity index (χ1v) is 5.93. The Kier molecular flexibility index (Phi) is 4.18. The highest BCUT2D eigenvalue weighted by atomic mass is 16.3. The maximum Gasteiger partial charge on any atom is 0.223 e. The van der Waals surface area contributed by atoms with Crippen molar-refractivity contribution in [3.63, 3.8) is 0 Å². The number of hydrogen-bond acceptors (Lipinski definition) is 2. The lowest BCUT2D eigenvalue weighted by Crippen LogP contribution is -2.25. The van der Waals surface area contributed by atoms with Crippen molar-refractivity contribution in [2.75, 3.05) is 5.32 Å². The molecule has 0 heterocycles. The maximum atomic E-state index is 9.16. The molecule has 2 aromatic rings. The van der Waals surface area contributed by atoms with Crippen LogP contribution in [0.1, 0.15) is 0 Å². The van der Waals surface area contributed by atoms with Gasteiger partial charge in [0, 0.05) is 5.69 Å². The molecule has 0 radical (unpaired) electrons. The van der Waals surface area contributed by atoms with E-state index in [1.54, 1.807) is 12.1 Å². The van der Waals surface area contributed by atoms with Gasteiger partial charge in [0.1, 0.15) is 5.75 Å². The van der Waals surface area contributed by atoms with E-state index in [0.29, 0.717) is 5.69 Å². The summed E-state index contributed by atoms with van der Waals surface area (Å²) in [7, 11) is 0. The van der Waals surface area contributed by atoms with Crippen LogP contribution < -0.4 is 16.8 Å². The summed E-state index contributed by atoms with van der Waals surface area (Å²) in [5.74, 6) is 0.337. The Hall–Kier alpha value is -3.02. The molecular weight excluding hydrogens is 254 g/mol. The van der Waals surface area contributed by atoms with E-state index in [4.69, 9.17) is 16.6 Å². The highest BCUT2D eigenvalue weighted by molar-refractivity contribution is 6.01. The number of nitrogens with two attached hydrogens (primary N) is 2. The molecule has 0 aliphatic heterocycles. The first-order chi connectivity index (χ1) is 9.63. The van der Waals surface area contributed by atoms with Crippen LogP contribution in [0.15, 0.2) is 64.6 Å². The Morgan fingerprint density at radius 2 is 1.60 bits per heavy atom. The highest BCUT2D eigenvalue weighted by Gasteiger charge is 1.97. The number of para-hydroxylation sites is 1. The molecule has 0 aliphatic rings. The van der Waals surface area contributed by atoms with Crippen molar-refractivity contribution in [3.8, 4) is 5.75 Å². The molecule has 0 unspecified atom stereocenters. The zero-order valence-electron chi connectivity index (χ0n) is 10.7. The van der Waals surface area contributed by atoms with Gasteiger partial charge < -0.3 is 21.9 Å². The molecule has 0 amide bonds. The SMILES string of the molecule is NC(=Nc1ccc(O)cc1)N=C(N)Nc1ccccc1. The van der Waals surface area contributed by atoms with Gasteiger partial charge in [-0.15, -0.1) is 0 Å². The summed E-state index contributed by atoms with van der Waals surface area (Å²) in [5, 5.41) is 12.1. The van der Waals surface area contributed by atoms with Gasteiger partial charge in [-0.2, -0.15) is 4.99 Å². The largest absolute Gasteiger partial charge is 0.508 e. The summed E-state index contributed by atoms with van der Waals surface area (Å²) < 4.78 is 0. The van der Waals surface area contributed by atoms with E-state index >= 15 is 0 Å². The van der Waals surface area contributed by atoms with Gasteiger partial charge in [0.2, 0.25) is 11.9 Å². The normalized spacial score (nSPS) is 12.2. The van der Waals surface area contributed by atoms with Gasteiger partial charge >= 0.3 is 0 Å². The predicted molar refractivity (Wildman–Crippen MR) is 81.1 cm³/mol. The van der Waals surface area contributed by atoms with Crippen molar-refractivity contribution in [2.45, 2.75) is 0 Å². The number of phenols is 1. The van der Waals surface area contributed by atoms with Gasteiger partial charge in [-0.3, -0.25) is 0 Å². The molecule has 0 saturated heterocycles. The zero-order chi connectivity index (χ0) is 14.4. The number of rotatable bonds is 2. The molecule has 2 aromatic carbocycles. The number of aromatic hydroxyl groups is 1. The Morgan fingerprint density at radius 1 is 0.950 bits per heavy atom. The molecule has 0 aliphatic carbocycles. The molecule has 6 N–H and O–H groups in total. The quantitative estimate of drug-likeness (QED) is 0.492. The summed E-state index contributed by atoms with van der Waals surface area (Å²) in [4.78, 5) is 8.00. The summed E-state index contributed by atoms with van der Waals surface area (Å²) in [5.41, 5.74) is 12.8. The third kappa shape index (κ3) is 4.02. The number of nitrogens with zero attached hydrogens (tertiary/aromatic N) is 2. The number of phenolic OH excluding ortho intramolecular Hbond substituents is 1. The standard InChI is InChI=1S/C14H15N5O/c15-13(17-10-4-2-1-3-5-10)19-14(16)18-11-6-8-12(20)9-7-11/h1-9,20H,(H5,15,16,17,18,19). The first-order valence-electron chi connectivity index (χ1n) is 5.93. The van der Waals surface area contributed by atoms with Crippen LogP contribution in [0.3, 0.4) is 0 Å². The average Bonchev–Trinajstić information content (AvgIpc) is 2.42. The fourth-order valence-electron chi connectivity index (χ4n) is 1.51. The molecule has 2 rings (SSSR count). The lowest BCUT2D eigenvalue weighted by Gasteiger charge is -2.04. The van der Waals surface area contributed by atoms with Crippen LogP contribution in [-0.2, 0) is 0 Å². The number of hydrogen-bond donors (Lipinski definition) is 4. The predicted octanol–water partition coefficient (Wildman–Crippen LogP) is 1.77. The van der Waals surface area contributed by atoms with Crippen LogP contribution in [0.4, 0.5) is 11.4 Å². The molecule has 6 heteroatoms. The van der Waals surface area contributed by atoms with Crippen LogP contribution in [0.5, 0.6) is 5.75 Å². The lowest BCUT2D eigenvalue weighted by molar-refractivity contribution is 0.475. The van der Waals surface area contributed by atoms with Gasteiger partial charge in [-0.25, -0.2) is 4.99 Å². The second-order valence-corrected chi connectivity index (χ2v) is 3.97. The Bertz CT molecular complexity index is 620. The van der Waals surface area contributed by atoms with Crippen LogP contribution >= 0.6 is 0 Å². The number of benzene rings is 2. The van der Waals surface area contributed by atoms with E-state index in [-0.39, 0.29) is 17.7 Å². The van der Waals surface area contributed by atoms with Crippen molar-refractivity contribution < 1.29 is 5.11 Å². The smallest absolute Gasteiger partial charge is 0.223 e. The zero-order valence-corrected chi connectivity index (χ0v) is 10.7. The molecule has 102 valence electrons. The van der Waals surface area contributed by atoms with Crippen LogP contribution in [-0.4, -0.2) is 17.0 Å². The Labute approximate surface area is 116 Å². The van der Waals surface area contributed by atoms with Gasteiger partial charge in [-0.1, -0.05) is 18.2 Å². The topological polar surface area (TPSA) is 109 Å². The number of anilines is 1. The Morgan fingerprint density at radius 3 is 2.25 bits per heavy atom. The van der Waals surface area contributed by atoms with Crippen molar-refractivity contribution in [1.29, 1.82) is 0 Å². The number of aliphatic imine (C=N–C) groups is 2. The van der Waals surface area contributed by atoms with Crippen LogP contribution in [0.25, 0.3) is 0 Å². The van der Waals surface area contributed by atoms with E-state index in [1.165, 1.54) is 12.1 Å². The van der Waals surface area contributed by atoms with E-state index in [1.807, 2.05) is 30.3 Å². The molecule has 20 heavy (non-hydrogen) atoms. The monoisotopic (exact) mass is 269 g/mol. The summed E-state index contributed by atoms with van der Waals surface area (Å²) >= 11 is 0. The molecule has 0 aromatic heterocycles. The lowest BCUT2D eigenvalue weighted by atomic mass is 10.3. The van der Waals surface area contributed by atoms with Crippen molar-refractivity contribution in [1.82, 2.24) is 0 Å². The summed E-state index contributed by atoms with van der Waals surface area (Å²) in [6.07, 6.45) is 0. The maximum absolute atomic E-state index is 9.16. The fourth-order valence-corrected chi connectivity index (χ4v) is 1.51. The molecule has 0 bridgehead atoms. The first kappa shape index (κ1) is 13.4. The van der Waals surface area contributed by atoms with E-state index in [2.05, 4.69) is 15.3 Å². The molecular formula is C14H15N5O. The van der Waals surface area contributed by atoms with E-state index < -0.39 is 0 Å². The molecule has 0 fully saturated rings. The van der Waals surface area contributed by atoms with Crippen molar-refractivity contribution in [3.05, 3.63) is 54.6 Å². The second kappa shape index (κ2) is 6.24. The highest BCUT2D eigenvalue weighted by Crippen LogP contribution is 2.16. The average molecular weight is 269 g/mol. The Balaban J connectivity index is 2.07. The minimum absolute atomic E-state index is 0.0246. The molecule has 0 saturated carbocycles. The molecule has 0 atom stereocenters. The number of nitrogens with one attached hydrogen (secondary N) is 1.